The molecule has 0 heterocycles. The lowest BCUT2D eigenvalue weighted by atomic mass is 10.1. The topological polar surface area (TPSA) is 26.3 Å². The van der Waals surface area contributed by atoms with E-state index in [2.05, 4.69) is 4.74 Å². The first-order valence-electron chi connectivity index (χ1n) is 5.94. The molecule has 2 aromatic rings. The van der Waals surface area contributed by atoms with Crippen molar-refractivity contribution in [1.82, 2.24) is 0 Å². The summed E-state index contributed by atoms with van der Waals surface area (Å²) in [5.74, 6) is -0.665. The predicted octanol–water partition coefficient (Wildman–Crippen LogP) is 4.64. The third-order valence-electron chi connectivity index (χ3n) is 2.69. The predicted molar refractivity (Wildman–Crippen MR) is 73.3 cm³/mol. The molecule has 0 bridgehead atoms. The molecule has 2 rings (SSSR count). The van der Waals surface area contributed by atoms with E-state index < -0.39 is 17.7 Å². The molecular weight excluding hydrogens is 301 g/mol. The Morgan fingerprint density at radius 1 is 1.10 bits per heavy atom. The fourth-order valence-electron chi connectivity index (χ4n) is 1.68. The molecule has 0 unspecified atom stereocenters. The molecule has 0 amide bonds. The molecule has 110 valence electrons. The lowest BCUT2D eigenvalue weighted by Crippen LogP contribution is -2.08. The number of alkyl halides is 3. The zero-order valence-electron chi connectivity index (χ0n) is 11.0. The Hall–Kier alpha value is -1.95. The van der Waals surface area contributed by atoms with Gasteiger partial charge in [0.1, 0.15) is 0 Å². The SMILES string of the molecule is COC(=O)c1ccc(C(F)(F)F)cc1Sc1ccccc1. The second-order valence-electron chi connectivity index (χ2n) is 4.12. The van der Waals surface area contributed by atoms with Gasteiger partial charge in [0.05, 0.1) is 18.2 Å². The minimum atomic E-state index is -4.46. The monoisotopic (exact) mass is 312 g/mol. The summed E-state index contributed by atoms with van der Waals surface area (Å²) < 4.78 is 43.0. The standard InChI is InChI=1S/C15H11F3O2S/c1-20-14(19)12-8-7-10(15(16,17)18)9-13(12)21-11-5-3-2-4-6-11/h2-9H,1H3. The molecule has 2 nitrogen and oxygen atoms in total. The van der Waals surface area contributed by atoms with Crippen molar-refractivity contribution in [3.8, 4) is 0 Å². The highest BCUT2D eigenvalue weighted by Crippen LogP contribution is 2.36. The van der Waals surface area contributed by atoms with Crippen LogP contribution in [0.5, 0.6) is 0 Å². The molecule has 0 spiro atoms. The molecule has 0 aromatic heterocycles. The van der Waals surface area contributed by atoms with Crippen molar-refractivity contribution in [2.24, 2.45) is 0 Å². The summed E-state index contributed by atoms with van der Waals surface area (Å²) >= 11 is 1.09. The average Bonchev–Trinajstić information content (AvgIpc) is 2.46. The van der Waals surface area contributed by atoms with E-state index in [-0.39, 0.29) is 10.5 Å². The molecule has 0 aliphatic carbocycles. The van der Waals surface area contributed by atoms with E-state index in [0.717, 1.165) is 34.9 Å². The Kier molecular flexibility index (Phi) is 4.57. The summed E-state index contributed by atoms with van der Waals surface area (Å²) in [5, 5.41) is 0. The fourth-order valence-corrected chi connectivity index (χ4v) is 2.67. The second kappa shape index (κ2) is 6.22. The molecule has 0 aliphatic heterocycles. The van der Waals surface area contributed by atoms with Crippen LogP contribution < -0.4 is 0 Å². The van der Waals surface area contributed by atoms with Gasteiger partial charge < -0.3 is 4.74 Å². The summed E-state index contributed by atoms with van der Waals surface area (Å²) in [6.07, 6.45) is -4.46. The van der Waals surface area contributed by atoms with Gasteiger partial charge in [0, 0.05) is 9.79 Å². The second-order valence-corrected chi connectivity index (χ2v) is 5.23. The minimum absolute atomic E-state index is 0.111. The maximum atomic E-state index is 12.8. The Labute approximate surface area is 123 Å². The number of hydrogen-bond donors (Lipinski definition) is 0. The van der Waals surface area contributed by atoms with Crippen molar-refractivity contribution in [3.63, 3.8) is 0 Å². The Morgan fingerprint density at radius 2 is 1.76 bits per heavy atom. The number of rotatable bonds is 3. The highest BCUT2D eigenvalue weighted by atomic mass is 32.2. The van der Waals surface area contributed by atoms with E-state index in [1.54, 1.807) is 30.3 Å². The van der Waals surface area contributed by atoms with Gasteiger partial charge in [0.2, 0.25) is 0 Å². The summed E-state index contributed by atoms with van der Waals surface area (Å²) in [6.45, 7) is 0. The number of carbonyl (C=O) groups is 1. The van der Waals surface area contributed by atoms with E-state index >= 15 is 0 Å². The summed E-state index contributed by atoms with van der Waals surface area (Å²) in [5.41, 5.74) is -0.687. The van der Waals surface area contributed by atoms with Gasteiger partial charge in [-0.05, 0) is 30.3 Å². The maximum Gasteiger partial charge on any atom is 0.416 e. The summed E-state index contributed by atoms with van der Waals surface area (Å²) in [6, 6.07) is 11.8. The zero-order chi connectivity index (χ0) is 15.5. The number of ether oxygens (including phenoxy) is 1. The van der Waals surface area contributed by atoms with Gasteiger partial charge in [-0.1, -0.05) is 30.0 Å². The fraction of sp³-hybridized carbons (Fsp3) is 0.133. The van der Waals surface area contributed by atoms with Gasteiger partial charge >= 0.3 is 12.1 Å². The van der Waals surface area contributed by atoms with Gasteiger partial charge in [0.15, 0.2) is 0 Å². The minimum Gasteiger partial charge on any atom is -0.465 e. The summed E-state index contributed by atoms with van der Waals surface area (Å²) in [4.78, 5) is 12.6. The Bertz CT molecular complexity index is 639. The van der Waals surface area contributed by atoms with Gasteiger partial charge in [-0.15, -0.1) is 0 Å². The number of carbonyl (C=O) groups excluding carboxylic acids is 1. The van der Waals surface area contributed by atoms with Crippen LogP contribution in [0.3, 0.4) is 0 Å². The molecule has 0 radical (unpaired) electrons. The van der Waals surface area contributed by atoms with Crippen molar-refractivity contribution in [2.75, 3.05) is 7.11 Å². The van der Waals surface area contributed by atoms with Crippen LogP contribution in [0, 0.1) is 0 Å². The van der Waals surface area contributed by atoms with Crippen LogP contribution in [0.2, 0.25) is 0 Å². The van der Waals surface area contributed by atoms with Crippen molar-refractivity contribution in [3.05, 3.63) is 59.7 Å². The lowest BCUT2D eigenvalue weighted by molar-refractivity contribution is -0.137. The molecule has 0 saturated heterocycles. The molecule has 0 saturated carbocycles. The number of methoxy groups -OCH3 is 1. The largest absolute Gasteiger partial charge is 0.465 e. The van der Waals surface area contributed by atoms with E-state index in [1.165, 1.54) is 7.11 Å². The van der Waals surface area contributed by atoms with Crippen LogP contribution in [0.4, 0.5) is 13.2 Å². The number of benzene rings is 2. The Morgan fingerprint density at radius 3 is 2.33 bits per heavy atom. The zero-order valence-corrected chi connectivity index (χ0v) is 11.8. The van der Waals surface area contributed by atoms with Crippen LogP contribution >= 0.6 is 11.8 Å². The van der Waals surface area contributed by atoms with E-state index in [0.29, 0.717) is 0 Å². The van der Waals surface area contributed by atoms with Crippen molar-refractivity contribution < 1.29 is 22.7 Å². The highest BCUT2D eigenvalue weighted by molar-refractivity contribution is 7.99. The first-order chi connectivity index (χ1) is 9.91. The van der Waals surface area contributed by atoms with Crippen molar-refractivity contribution in [1.29, 1.82) is 0 Å². The average molecular weight is 312 g/mol. The first-order valence-corrected chi connectivity index (χ1v) is 6.76. The van der Waals surface area contributed by atoms with Gasteiger partial charge in [0.25, 0.3) is 0 Å². The van der Waals surface area contributed by atoms with Crippen LogP contribution in [-0.2, 0) is 10.9 Å². The van der Waals surface area contributed by atoms with Crippen molar-refractivity contribution in [2.45, 2.75) is 16.0 Å². The van der Waals surface area contributed by atoms with Gasteiger partial charge in [-0.25, -0.2) is 4.79 Å². The molecular formula is C15H11F3O2S. The lowest BCUT2D eigenvalue weighted by Gasteiger charge is -2.12. The third-order valence-corrected chi connectivity index (χ3v) is 3.75. The van der Waals surface area contributed by atoms with Crippen LogP contribution in [0.25, 0.3) is 0 Å². The molecule has 0 aliphatic rings. The smallest absolute Gasteiger partial charge is 0.416 e. The summed E-state index contributed by atoms with van der Waals surface area (Å²) in [7, 11) is 1.19. The Balaban J connectivity index is 2.46. The first kappa shape index (κ1) is 15.4. The van der Waals surface area contributed by atoms with Gasteiger partial charge in [-0.3, -0.25) is 0 Å². The maximum absolute atomic E-state index is 12.8. The van der Waals surface area contributed by atoms with Crippen LogP contribution in [0.15, 0.2) is 58.3 Å². The molecule has 2 aromatic carbocycles. The van der Waals surface area contributed by atoms with E-state index in [9.17, 15) is 18.0 Å². The number of hydrogen-bond acceptors (Lipinski definition) is 3. The molecule has 0 atom stereocenters. The van der Waals surface area contributed by atoms with E-state index in [1.807, 2.05) is 0 Å². The normalized spacial score (nSPS) is 11.2. The molecule has 0 fully saturated rings. The van der Waals surface area contributed by atoms with Crippen LogP contribution in [-0.4, -0.2) is 13.1 Å². The van der Waals surface area contributed by atoms with Gasteiger partial charge in [-0.2, -0.15) is 13.2 Å². The van der Waals surface area contributed by atoms with Crippen LogP contribution in [0.1, 0.15) is 15.9 Å². The number of esters is 1. The van der Waals surface area contributed by atoms with Crippen molar-refractivity contribution >= 4 is 17.7 Å². The van der Waals surface area contributed by atoms with E-state index in [4.69, 9.17) is 0 Å². The quantitative estimate of drug-likeness (QED) is 0.772. The molecule has 21 heavy (non-hydrogen) atoms. The third kappa shape index (κ3) is 3.78. The molecule has 0 N–H and O–H groups in total. The number of halogens is 3. The highest BCUT2D eigenvalue weighted by Gasteiger charge is 2.31. The molecule has 6 heteroatoms.